The lowest BCUT2D eigenvalue weighted by Crippen LogP contribution is -2.14. The number of rotatable bonds is 4. The summed E-state index contributed by atoms with van der Waals surface area (Å²) in [7, 11) is 0. The minimum absolute atomic E-state index is 0.125. The van der Waals surface area contributed by atoms with Gasteiger partial charge in [-0.25, -0.2) is 0 Å². The highest BCUT2D eigenvalue weighted by atomic mass is 32.2. The Labute approximate surface area is 115 Å². The van der Waals surface area contributed by atoms with Gasteiger partial charge in [-0.3, -0.25) is 4.79 Å². The molecule has 0 atom stereocenters. The first-order chi connectivity index (χ1) is 9.04. The van der Waals surface area contributed by atoms with Crippen LogP contribution in [0.1, 0.15) is 11.3 Å². The van der Waals surface area contributed by atoms with Gasteiger partial charge in [0.25, 0.3) is 0 Å². The van der Waals surface area contributed by atoms with Gasteiger partial charge in [0.15, 0.2) is 5.82 Å². The highest BCUT2D eigenvalue weighted by Gasteiger charge is 2.08. The molecule has 0 aliphatic rings. The van der Waals surface area contributed by atoms with Crippen LogP contribution in [0.15, 0.2) is 33.7 Å². The highest BCUT2D eigenvalue weighted by Crippen LogP contribution is 2.24. The van der Waals surface area contributed by atoms with E-state index in [1.54, 1.807) is 13.0 Å². The molecule has 5 nitrogen and oxygen atoms in total. The molecule has 0 saturated carbocycles. The average Bonchev–Trinajstić information content (AvgIpc) is 2.76. The minimum Gasteiger partial charge on any atom is -0.399 e. The predicted molar refractivity (Wildman–Crippen MR) is 76.2 cm³/mol. The zero-order chi connectivity index (χ0) is 13.8. The maximum absolute atomic E-state index is 11.7. The predicted octanol–water partition coefficient (Wildman–Crippen LogP) is 2.60. The Morgan fingerprint density at radius 1 is 1.42 bits per heavy atom. The first-order valence-corrected chi connectivity index (χ1v) is 6.75. The topological polar surface area (TPSA) is 81.2 Å². The monoisotopic (exact) mass is 277 g/mol. The molecule has 1 aromatic heterocycles. The standard InChI is InChI=1S/C13H15N3O2S/c1-8-3-4-10(14)6-11(8)19-7-13(17)15-12-5-9(2)18-16-12/h3-6H,7,14H2,1-2H3,(H,15,16,17). The summed E-state index contributed by atoms with van der Waals surface area (Å²) in [6.07, 6.45) is 0. The van der Waals surface area contributed by atoms with Crippen molar-refractivity contribution in [1.82, 2.24) is 5.16 Å². The van der Waals surface area contributed by atoms with E-state index in [0.29, 0.717) is 23.0 Å². The lowest BCUT2D eigenvalue weighted by atomic mass is 10.2. The molecule has 1 aromatic carbocycles. The van der Waals surface area contributed by atoms with Gasteiger partial charge in [-0.2, -0.15) is 0 Å². The van der Waals surface area contributed by atoms with Crippen LogP contribution in [0.3, 0.4) is 0 Å². The molecule has 6 heteroatoms. The number of aryl methyl sites for hydroxylation is 2. The van der Waals surface area contributed by atoms with Gasteiger partial charge >= 0.3 is 0 Å². The lowest BCUT2D eigenvalue weighted by Gasteiger charge is -2.06. The van der Waals surface area contributed by atoms with Crippen LogP contribution in [0.25, 0.3) is 0 Å². The summed E-state index contributed by atoms with van der Waals surface area (Å²) in [5.41, 5.74) is 7.52. The third-order valence-electron chi connectivity index (χ3n) is 2.47. The molecular formula is C13H15N3O2S. The number of amides is 1. The van der Waals surface area contributed by atoms with Crippen LogP contribution >= 0.6 is 11.8 Å². The summed E-state index contributed by atoms with van der Waals surface area (Å²) < 4.78 is 4.87. The van der Waals surface area contributed by atoms with Crippen LogP contribution in [-0.2, 0) is 4.79 Å². The van der Waals surface area contributed by atoms with E-state index in [1.165, 1.54) is 11.8 Å². The number of thioether (sulfide) groups is 1. The number of hydrogen-bond donors (Lipinski definition) is 2. The van der Waals surface area contributed by atoms with E-state index in [9.17, 15) is 4.79 Å². The molecule has 1 heterocycles. The summed E-state index contributed by atoms with van der Waals surface area (Å²) in [6, 6.07) is 7.33. The third-order valence-corrected chi connectivity index (χ3v) is 3.62. The lowest BCUT2D eigenvalue weighted by molar-refractivity contribution is -0.113. The van der Waals surface area contributed by atoms with Gasteiger partial charge in [0, 0.05) is 16.6 Å². The Hall–Kier alpha value is -1.95. The van der Waals surface area contributed by atoms with E-state index in [1.807, 2.05) is 25.1 Å². The van der Waals surface area contributed by atoms with Gasteiger partial charge in [-0.15, -0.1) is 11.8 Å². The fraction of sp³-hybridized carbons (Fsp3) is 0.231. The molecular weight excluding hydrogens is 262 g/mol. The molecule has 0 spiro atoms. The SMILES string of the molecule is Cc1cc(NC(=O)CSc2cc(N)ccc2C)no1. The quantitative estimate of drug-likeness (QED) is 0.663. The van der Waals surface area contributed by atoms with E-state index in [4.69, 9.17) is 10.3 Å². The maximum atomic E-state index is 11.7. The molecule has 0 radical (unpaired) electrons. The Kier molecular flexibility index (Phi) is 4.11. The van der Waals surface area contributed by atoms with Crippen molar-refractivity contribution in [2.24, 2.45) is 0 Å². The van der Waals surface area contributed by atoms with Crippen molar-refractivity contribution < 1.29 is 9.32 Å². The first kappa shape index (κ1) is 13.5. The Morgan fingerprint density at radius 3 is 2.89 bits per heavy atom. The number of nitrogen functional groups attached to an aromatic ring is 1. The summed E-state index contributed by atoms with van der Waals surface area (Å²) in [4.78, 5) is 12.8. The number of aromatic nitrogens is 1. The van der Waals surface area contributed by atoms with Gasteiger partial charge in [0.2, 0.25) is 5.91 Å². The van der Waals surface area contributed by atoms with Gasteiger partial charge in [-0.1, -0.05) is 11.2 Å². The summed E-state index contributed by atoms with van der Waals surface area (Å²) in [5, 5.41) is 6.38. The highest BCUT2D eigenvalue weighted by molar-refractivity contribution is 8.00. The van der Waals surface area contributed by atoms with Crippen LogP contribution in [0.4, 0.5) is 11.5 Å². The van der Waals surface area contributed by atoms with Gasteiger partial charge < -0.3 is 15.6 Å². The first-order valence-electron chi connectivity index (χ1n) is 5.76. The number of benzene rings is 1. The Balaban J connectivity index is 1.91. The van der Waals surface area contributed by atoms with E-state index < -0.39 is 0 Å². The second kappa shape index (κ2) is 5.79. The van der Waals surface area contributed by atoms with E-state index in [0.717, 1.165) is 10.5 Å². The van der Waals surface area contributed by atoms with Crippen molar-refractivity contribution in [2.45, 2.75) is 18.7 Å². The molecule has 0 fully saturated rings. The summed E-state index contributed by atoms with van der Waals surface area (Å²) >= 11 is 1.44. The molecule has 1 amide bonds. The fourth-order valence-corrected chi connectivity index (χ4v) is 2.39. The molecule has 0 aliphatic heterocycles. The van der Waals surface area contributed by atoms with Crippen molar-refractivity contribution in [3.63, 3.8) is 0 Å². The Morgan fingerprint density at radius 2 is 2.21 bits per heavy atom. The van der Waals surface area contributed by atoms with E-state index in [-0.39, 0.29) is 5.91 Å². The van der Waals surface area contributed by atoms with E-state index in [2.05, 4.69) is 10.5 Å². The van der Waals surface area contributed by atoms with Gasteiger partial charge in [0.1, 0.15) is 5.76 Å². The maximum Gasteiger partial charge on any atom is 0.235 e. The zero-order valence-electron chi connectivity index (χ0n) is 10.8. The van der Waals surface area contributed by atoms with Crippen molar-refractivity contribution >= 4 is 29.2 Å². The number of carbonyl (C=O) groups excluding carboxylic acids is 1. The molecule has 0 bridgehead atoms. The summed E-state index contributed by atoms with van der Waals surface area (Å²) in [6.45, 7) is 3.76. The third kappa shape index (κ3) is 3.75. The second-order valence-corrected chi connectivity index (χ2v) is 5.20. The van der Waals surface area contributed by atoms with Crippen molar-refractivity contribution in [3.05, 3.63) is 35.6 Å². The van der Waals surface area contributed by atoms with Crippen molar-refractivity contribution in [1.29, 1.82) is 0 Å². The number of nitrogens with zero attached hydrogens (tertiary/aromatic N) is 1. The number of hydrogen-bond acceptors (Lipinski definition) is 5. The van der Waals surface area contributed by atoms with Crippen molar-refractivity contribution in [3.8, 4) is 0 Å². The largest absolute Gasteiger partial charge is 0.399 e. The molecule has 0 unspecified atom stereocenters. The molecule has 100 valence electrons. The Bertz CT molecular complexity index is 595. The second-order valence-electron chi connectivity index (χ2n) is 4.18. The number of nitrogens with one attached hydrogen (secondary N) is 1. The van der Waals surface area contributed by atoms with E-state index >= 15 is 0 Å². The van der Waals surface area contributed by atoms with Crippen LogP contribution in [0.5, 0.6) is 0 Å². The fourth-order valence-electron chi connectivity index (χ4n) is 1.52. The molecule has 0 saturated heterocycles. The number of anilines is 2. The minimum atomic E-state index is -0.125. The number of nitrogens with two attached hydrogens (primary N) is 1. The average molecular weight is 277 g/mol. The smallest absolute Gasteiger partial charge is 0.235 e. The molecule has 2 rings (SSSR count). The van der Waals surface area contributed by atoms with Gasteiger partial charge in [-0.05, 0) is 31.5 Å². The van der Waals surface area contributed by atoms with Crippen LogP contribution in [0.2, 0.25) is 0 Å². The van der Waals surface area contributed by atoms with Crippen molar-refractivity contribution in [2.75, 3.05) is 16.8 Å². The van der Waals surface area contributed by atoms with Crippen LogP contribution in [-0.4, -0.2) is 16.8 Å². The molecule has 0 aliphatic carbocycles. The zero-order valence-corrected chi connectivity index (χ0v) is 11.6. The van der Waals surface area contributed by atoms with Gasteiger partial charge in [0.05, 0.1) is 5.75 Å². The number of carbonyl (C=O) groups is 1. The molecule has 3 N–H and O–H groups in total. The van der Waals surface area contributed by atoms with Crippen LogP contribution < -0.4 is 11.1 Å². The summed E-state index contributed by atoms with van der Waals surface area (Å²) in [5.74, 6) is 1.28. The molecule has 19 heavy (non-hydrogen) atoms. The normalized spacial score (nSPS) is 10.4. The molecule has 2 aromatic rings. The van der Waals surface area contributed by atoms with Crippen LogP contribution in [0, 0.1) is 13.8 Å².